The van der Waals surface area contributed by atoms with Gasteiger partial charge in [-0.3, -0.25) is 0 Å². The van der Waals surface area contributed by atoms with Crippen molar-refractivity contribution in [3.8, 4) is 0 Å². The van der Waals surface area contributed by atoms with E-state index in [1.165, 1.54) is 37.4 Å². The first-order chi connectivity index (χ1) is 12.2. The quantitative estimate of drug-likeness (QED) is 0.734. The average molecular weight is 330 g/mol. The molecule has 0 N–H and O–H groups in total. The van der Waals surface area contributed by atoms with E-state index in [0.29, 0.717) is 12.0 Å². The highest BCUT2D eigenvalue weighted by Crippen LogP contribution is 2.49. The summed E-state index contributed by atoms with van der Waals surface area (Å²) in [6, 6.07) is 20.6. The van der Waals surface area contributed by atoms with Crippen LogP contribution >= 0.6 is 0 Å². The maximum atomic E-state index is 2.71. The average Bonchev–Trinajstić information content (AvgIpc) is 3.08. The Morgan fingerprint density at radius 3 is 2.40 bits per heavy atom. The normalized spacial score (nSPS) is 25.9. The Bertz CT molecular complexity index is 811. The number of rotatable bonds is 3. The molecule has 0 aromatic heterocycles. The van der Waals surface area contributed by atoms with Gasteiger partial charge in [0.1, 0.15) is 0 Å². The molecule has 2 nitrogen and oxygen atoms in total. The monoisotopic (exact) mass is 330 g/mol. The van der Waals surface area contributed by atoms with E-state index in [4.69, 9.17) is 0 Å². The van der Waals surface area contributed by atoms with E-state index in [2.05, 4.69) is 78.2 Å². The first-order valence-electron chi connectivity index (χ1n) is 9.57. The second kappa shape index (κ2) is 5.74. The van der Waals surface area contributed by atoms with E-state index in [-0.39, 0.29) is 0 Å². The Balaban J connectivity index is 1.43. The number of hydrogen-bond acceptors (Lipinski definition) is 2. The Hall–Kier alpha value is -2.06. The fourth-order valence-electron chi connectivity index (χ4n) is 4.99. The van der Waals surface area contributed by atoms with Gasteiger partial charge in [0.15, 0.2) is 0 Å². The van der Waals surface area contributed by atoms with Gasteiger partial charge in [-0.05, 0) is 44.0 Å². The lowest BCUT2D eigenvalue weighted by Crippen LogP contribution is -2.45. The van der Waals surface area contributed by atoms with Crippen LogP contribution in [0.4, 0.5) is 11.4 Å². The minimum atomic E-state index is 0.602. The van der Waals surface area contributed by atoms with E-state index in [1.807, 2.05) is 0 Å². The zero-order valence-electron chi connectivity index (χ0n) is 15.2. The van der Waals surface area contributed by atoms with Crippen LogP contribution in [-0.4, -0.2) is 30.6 Å². The number of likely N-dealkylation sites (tertiary alicyclic amines) is 1. The first-order valence-corrected chi connectivity index (χ1v) is 9.57. The van der Waals surface area contributed by atoms with Gasteiger partial charge in [0, 0.05) is 48.9 Å². The summed E-state index contributed by atoms with van der Waals surface area (Å²) in [4.78, 5) is 5.31. The zero-order chi connectivity index (χ0) is 17.0. The number of piperidine rings is 1. The molecule has 3 aliphatic rings. The molecule has 0 amide bonds. The van der Waals surface area contributed by atoms with Crippen LogP contribution in [0, 0.1) is 5.92 Å². The van der Waals surface area contributed by atoms with Crippen molar-refractivity contribution in [2.75, 3.05) is 24.5 Å². The van der Waals surface area contributed by atoms with Crippen molar-refractivity contribution in [1.29, 1.82) is 0 Å². The summed E-state index contributed by atoms with van der Waals surface area (Å²) in [5.74, 6) is 1.39. The molecule has 1 fully saturated rings. The predicted molar refractivity (Wildman–Crippen MR) is 104 cm³/mol. The minimum Gasteiger partial charge on any atom is -0.337 e. The van der Waals surface area contributed by atoms with Gasteiger partial charge in [0.25, 0.3) is 0 Å². The Kier molecular flexibility index (Phi) is 3.49. The summed E-state index contributed by atoms with van der Waals surface area (Å²) in [6.07, 6.45) is 1.25. The van der Waals surface area contributed by atoms with Crippen molar-refractivity contribution in [3.05, 3.63) is 71.3 Å². The number of para-hydroxylation sites is 2. The summed E-state index contributed by atoms with van der Waals surface area (Å²) in [5.41, 5.74) is 7.55. The predicted octanol–water partition coefficient (Wildman–Crippen LogP) is 4.96. The molecular formula is C23H26N2. The van der Waals surface area contributed by atoms with Crippen LogP contribution < -0.4 is 4.90 Å². The summed E-state index contributed by atoms with van der Waals surface area (Å²) >= 11 is 0. The Morgan fingerprint density at radius 1 is 0.920 bits per heavy atom. The van der Waals surface area contributed by atoms with Gasteiger partial charge in [-0.25, -0.2) is 0 Å². The summed E-state index contributed by atoms with van der Waals surface area (Å²) < 4.78 is 0. The zero-order valence-corrected chi connectivity index (χ0v) is 15.2. The second-order valence-electron chi connectivity index (χ2n) is 7.91. The smallest absolute Gasteiger partial charge is 0.0450 e. The molecule has 2 heterocycles. The van der Waals surface area contributed by atoms with Crippen LogP contribution in [0.1, 0.15) is 31.7 Å². The lowest BCUT2D eigenvalue weighted by atomic mass is 9.88. The first kappa shape index (κ1) is 15.2. The maximum absolute atomic E-state index is 2.71. The molecule has 5 rings (SSSR count). The second-order valence-corrected chi connectivity index (χ2v) is 7.91. The third-order valence-electron chi connectivity index (χ3n) is 6.65. The Labute approximate surface area is 150 Å². The molecule has 25 heavy (non-hydrogen) atoms. The van der Waals surface area contributed by atoms with E-state index in [9.17, 15) is 0 Å². The molecule has 0 bridgehead atoms. The van der Waals surface area contributed by atoms with Gasteiger partial charge in [0.05, 0.1) is 0 Å². The third-order valence-corrected chi connectivity index (χ3v) is 6.65. The van der Waals surface area contributed by atoms with Crippen LogP contribution in [0.2, 0.25) is 0 Å². The molecule has 128 valence electrons. The van der Waals surface area contributed by atoms with Gasteiger partial charge in [-0.1, -0.05) is 47.5 Å². The van der Waals surface area contributed by atoms with Crippen molar-refractivity contribution in [3.63, 3.8) is 0 Å². The van der Waals surface area contributed by atoms with E-state index in [1.54, 1.807) is 16.7 Å². The SMILES string of the molecule is CC1=C(C)C1CN1CC[C@@H]2[C@@H](C1)c1ccccc1N2c1ccccc1. The highest BCUT2D eigenvalue weighted by Gasteiger charge is 2.43. The number of anilines is 2. The lowest BCUT2D eigenvalue weighted by Gasteiger charge is -2.39. The molecule has 1 aliphatic carbocycles. The van der Waals surface area contributed by atoms with Crippen molar-refractivity contribution >= 4 is 11.4 Å². The summed E-state index contributed by atoms with van der Waals surface area (Å²) in [5, 5.41) is 0. The van der Waals surface area contributed by atoms with Crippen LogP contribution in [0.15, 0.2) is 65.7 Å². The molecular weight excluding hydrogens is 304 g/mol. The maximum Gasteiger partial charge on any atom is 0.0450 e. The number of nitrogens with zero attached hydrogens (tertiary/aromatic N) is 2. The van der Waals surface area contributed by atoms with Crippen molar-refractivity contribution < 1.29 is 0 Å². The van der Waals surface area contributed by atoms with Gasteiger partial charge >= 0.3 is 0 Å². The van der Waals surface area contributed by atoms with Gasteiger partial charge in [-0.15, -0.1) is 0 Å². The topological polar surface area (TPSA) is 6.48 Å². The Morgan fingerprint density at radius 2 is 1.64 bits per heavy atom. The molecule has 2 atom stereocenters. The van der Waals surface area contributed by atoms with Crippen LogP contribution in [0.25, 0.3) is 0 Å². The summed E-state index contributed by atoms with van der Waals surface area (Å²) in [6.45, 7) is 8.25. The van der Waals surface area contributed by atoms with Crippen molar-refractivity contribution in [1.82, 2.24) is 4.90 Å². The van der Waals surface area contributed by atoms with Crippen LogP contribution in [0.3, 0.4) is 0 Å². The number of fused-ring (bicyclic) bond motifs is 3. The van der Waals surface area contributed by atoms with Crippen molar-refractivity contribution in [2.45, 2.75) is 32.2 Å². The van der Waals surface area contributed by atoms with Crippen molar-refractivity contribution in [2.24, 2.45) is 5.92 Å². The van der Waals surface area contributed by atoms with Crippen LogP contribution in [0.5, 0.6) is 0 Å². The van der Waals surface area contributed by atoms with Gasteiger partial charge in [0.2, 0.25) is 0 Å². The van der Waals surface area contributed by atoms with Crippen LogP contribution in [-0.2, 0) is 0 Å². The highest BCUT2D eigenvalue weighted by molar-refractivity contribution is 5.72. The lowest BCUT2D eigenvalue weighted by molar-refractivity contribution is 0.191. The molecule has 2 aromatic rings. The molecule has 2 aromatic carbocycles. The molecule has 2 aliphatic heterocycles. The van der Waals surface area contributed by atoms with E-state index < -0.39 is 0 Å². The van der Waals surface area contributed by atoms with Gasteiger partial charge in [-0.2, -0.15) is 0 Å². The molecule has 0 spiro atoms. The molecule has 0 radical (unpaired) electrons. The standard InChI is InChI=1S/C23H26N2/c1-16-17(2)20(16)14-24-13-12-23-21(15-24)19-10-6-7-11-22(19)25(23)18-8-4-3-5-9-18/h3-11,20-21,23H,12-15H2,1-2H3/t21-,23+/m0/s1. The molecule has 0 unspecified atom stereocenters. The summed E-state index contributed by atoms with van der Waals surface area (Å²) in [7, 11) is 0. The number of hydrogen-bond donors (Lipinski definition) is 0. The highest BCUT2D eigenvalue weighted by atomic mass is 15.2. The largest absolute Gasteiger partial charge is 0.337 e. The number of benzene rings is 2. The minimum absolute atomic E-state index is 0.602. The molecule has 1 saturated heterocycles. The molecule has 2 heteroatoms. The van der Waals surface area contributed by atoms with E-state index in [0.717, 1.165) is 5.92 Å². The third kappa shape index (κ3) is 2.43. The molecule has 0 saturated carbocycles. The van der Waals surface area contributed by atoms with Gasteiger partial charge < -0.3 is 9.80 Å². The fourth-order valence-corrected chi connectivity index (χ4v) is 4.99. The fraction of sp³-hybridized carbons (Fsp3) is 0.391. The van der Waals surface area contributed by atoms with E-state index >= 15 is 0 Å².